The van der Waals surface area contributed by atoms with E-state index in [4.69, 9.17) is 24.4 Å². The van der Waals surface area contributed by atoms with E-state index in [0.717, 1.165) is 49.4 Å². The second kappa shape index (κ2) is 22.5. The SMILES string of the molecule is CCN1C(=O)C(=C/C=C(/[C]2[CH][CH][CH][CH]2)N(CC)CC)C(=O)N(CC)C1=S.CCN1C(=O)C(=C/C=C(/[C]2[CH][CH][CH][CH]2)N(CC)CC)C(=O)N(CC)C1=S.[Fe+2]. The maximum absolute atomic E-state index is 12.7. The van der Waals surface area contributed by atoms with E-state index in [0.29, 0.717) is 26.2 Å². The number of carbonyl (C=O) groups excluding carboxylic acids is 4. The van der Waals surface area contributed by atoms with Crippen LogP contribution in [0.2, 0.25) is 0 Å². The zero-order valence-corrected chi connectivity index (χ0v) is 34.8. The van der Waals surface area contributed by atoms with Crippen LogP contribution in [0.3, 0.4) is 0 Å². The van der Waals surface area contributed by atoms with Crippen molar-refractivity contribution in [2.75, 3.05) is 52.4 Å². The summed E-state index contributed by atoms with van der Waals surface area (Å²) in [4.78, 5) is 61.2. The average molecular weight is 801 g/mol. The fourth-order valence-electron chi connectivity index (χ4n) is 6.12. The Morgan fingerprint density at radius 2 is 0.755 bits per heavy atom. The minimum absolute atomic E-state index is 0. The normalized spacial score (nSPS) is 19.2. The van der Waals surface area contributed by atoms with Crippen LogP contribution in [0.15, 0.2) is 46.8 Å². The molecule has 10 radical (unpaired) electrons. The molecule has 0 unspecified atom stereocenters. The zero-order chi connectivity index (χ0) is 38.5. The van der Waals surface area contributed by atoms with Crippen molar-refractivity contribution in [3.63, 3.8) is 0 Å². The standard InChI is InChI=1S/2C20H26N3O2S.Fe/c2*1-5-21(6-2)17(15-11-9-10-12-15)14-13-16-18(24)22(7-3)20(26)23(8-4)19(16)25;/h2*9-14H,5-8H2,1-4H3;/q;;+2/b2*17-14-;. The molecule has 0 bridgehead atoms. The summed E-state index contributed by atoms with van der Waals surface area (Å²) in [5, 5.41) is 0.567. The first-order valence-electron chi connectivity index (χ1n) is 18.1. The fraction of sp³-hybridized carbons (Fsp3) is 0.400. The molecular formula is C40H52FeN6O4S2+2. The summed E-state index contributed by atoms with van der Waals surface area (Å²) in [6, 6.07) is 0. The van der Waals surface area contributed by atoms with Crippen molar-refractivity contribution in [1.29, 1.82) is 0 Å². The molecule has 284 valence electrons. The van der Waals surface area contributed by atoms with Crippen molar-refractivity contribution < 1.29 is 36.2 Å². The summed E-state index contributed by atoms with van der Waals surface area (Å²) in [5.41, 5.74) is 2.29. The number of amides is 4. The van der Waals surface area contributed by atoms with Crippen molar-refractivity contribution in [2.45, 2.75) is 55.4 Å². The maximum Gasteiger partial charge on any atom is 2.00 e. The number of rotatable bonds is 14. The number of likely N-dealkylation sites (N-methyl/N-ethyl adjacent to an activating group) is 4. The Kier molecular flexibility index (Phi) is 19.7. The molecule has 0 aromatic carbocycles. The number of allylic oxidation sites excluding steroid dienone is 6. The minimum Gasteiger partial charge on any atom is -0.375 e. The maximum atomic E-state index is 12.7. The summed E-state index contributed by atoms with van der Waals surface area (Å²) in [5.74, 6) is 0.817. The Labute approximate surface area is 340 Å². The van der Waals surface area contributed by atoms with Crippen LogP contribution in [0.4, 0.5) is 0 Å². The monoisotopic (exact) mass is 800 g/mol. The molecule has 4 amide bonds. The molecule has 2 heterocycles. The molecule has 53 heavy (non-hydrogen) atoms. The Hall–Kier alpha value is -2.86. The quantitative estimate of drug-likeness (QED) is 0.104. The van der Waals surface area contributed by atoms with E-state index < -0.39 is 0 Å². The van der Waals surface area contributed by atoms with E-state index in [9.17, 15) is 19.2 Å². The van der Waals surface area contributed by atoms with Crippen LogP contribution in [-0.2, 0) is 36.2 Å². The number of thiocarbonyl (C=S) groups is 2. The molecule has 13 heteroatoms. The molecule has 4 aliphatic rings. The smallest absolute Gasteiger partial charge is 0.375 e. The molecular weight excluding hydrogens is 748 g/mol. The molecule has 4 rings (SSSR count). The molecule has 10 nitrogen and oxygen atoms in total. The van der Waals surface area contributed by atoms with Crippen LogP contribution in [-0.4, -0.2) is 116 Å². The second-order valence-electron chi connectivity index (χ2n) is 11.7. The third-order valence-corrected chi connectivity index (χ3v) is 9.91. The molecule has 0 aromatic rings. The Morgan fingerprint density at radius 3 is 0.962 bits per heavy atom. The second-order valence-corrected chi connectivity index (χ2v) is 12.4. The van der Waals surface area contributed by atoms with Crippen LogP contribution in [0.1, 0.15) is 55.4 Å². The van der Waals surface area contributed by atoms with Gasteiger partial charge in [0.15, 0.2) is 10.2 Å². The predicted molar refractivity (Wildman–Crippen MR) is 214 cm³/mol. The van der Waals surface area contributed by atoms with E-state index in [1.54, 1.807) is 12.2 Å². The van der Waals surface area contributed by atoms with Crippen LogP contribution in [0.5, 0.6) is 0 Å². The summed E-state index contributed by atoms with van der Waals surface area (Å²) in [6.07, 6.45) is 23.0. The molecule has 0 aromatic heterocycles. The topological polar surface area (TPSA) is 87.7 Å². The van der Waals surface area contributed by atoms with Gasteiger partial charge in [0.05, 0.1) is 0 Å². The first kappa shape index (κ1) is 46.3. The molecule has 2 saturated carbocycles. The summed E-state index contributed by atoms with van der Waals surface area (Å²) in [6.45, 7) is 20.9. The largest absolute Gasteiger partial charge is 2.00 e. The molecule has 0 spiro atoms. The van der Waals surface area contributed by atoms with Gasteiger partial charge in [-0.3, -0.25) is 38.8 Å². The van der Waals surface area contributed by atoms with Gasteiger partial charge in [-0.25, -0.2) is 0 Å². The average Bonchev–Trinajstić information content (AvgIpc) is 3.88. The van der Waals surface area contributed by atoms with Gasteiger partial charge in [0, 0.05) is 75.6 Å². The van der Waals surface area contributed by atoms with E-state index >= 15 is 0 Å². The van der Waals surface area contributed by atoms with Gasteiger partial charge in [-0.1, -0.05) is 0 Å². The van der Waals surface area contributed by atoms with E-state index in [-0.39, 0.29) is 62.1 Å². The van der Waals surface area contributed by atoms with Crippen molar-refractivity contribution in [2.24, 2.45) is 0 Å². The minimum atomic E-state index is -0.329. The van der Waals surface area contributed by atoms with Gasteiger partial charge >= 0.3 is 17.1 Å². The summed E-state index contributed by atoms with van der Waals surface area (Å²) < 4.78 is 0. The van der Waals surface area contributed by atoms with Crippen molar-refractivity contribution in [3.8, 4) is 0 Å². The molecule has 2 aliphatic carbocycles. The van der Waals surface area contributed by atoms with Gasteiger partial charge in [0.25, 0.3) is 23.6 Å². The zero-order valence-electron chi connectivity index (χ0n) is 32.1. The predicted octanol–water partition coefficient (Wildman–Crippen LogP) is 5.08. The van der Waals surface area contributed by atoms with E-state index in [1.165, 1.54) is 19.6 Å². The van der Waals surface area contributed by atoms with Crippen molar-refractivity contribution >= 4 is 58.3 Å². The Bertz CT molecular complexity index is 1280. The summed E-state index contributed by atoms with van der Waals surface area (Å²) in [7, 11) is 0. The Morgan fingerprint density at radius 1 is 0.509 bits per heavy atom. The van der Waals surface area contributed by atoms with Gasteiger partial charge in [-0.15, -0.1) is 0 Å². The molecule has 4 fully saturated rings. The van der Waals surface area contributed by atoms with Gasteiger partial charge in [0.1, 0.15) is 11.1 Å². The van der Waals surface area contributed by atoms with Crippen LogP contribution in [0, 0.1) is 63.2 Å². The first-order valence-corrected chi connectivity index (χ1v) is 18.9. The van der Waals surface area contributed by atoms with E-state index in [1.807, 2.05) is 91.2 Å². The van der Waals surface area contributed by atoms with Crippen LogP contribution < -0.4 is 0 Å². The van der Waals surface area contributed by atoms with Crippen LogP contribution >= 0.6 is 24.4 Å². The number of nitrogens with zero attached hydrogens (tertiary/aromatic N) is 6. The molecule has 0 atom stereocenters. The fourth-order valence-corrected chi connectivity index (χ4v) is 6.96. The first-order chi connectivity index (χ1) is 25.0. The number of hydrogen-bond acceptors (Lipinski definition) is 8. The van der Waals surface area contributed by atoms with Crippen LogP contribution in [0.25, 0.3) is 0 Å². The van der Waals surface area contributed by atoms with Gasteiger partial charge in [-0.2, -0.15) is 0 Å². The Balaban J connectivity index is 0.000000360. The number of carbonyl (C=O) groups is 4. The van der Waals surface area contributed by atoms with Gasteiger partial charge in [-0.05, 0) is 155 Å². The number of hydrogen-bond donors (Lipinski definition) is 0. The third-order valence-electron chi connectivity index (χ3n) is 9.03. The molecule has 2 aliphatic heterocycles. The van der Waals surface area contributed by atoms with Gasteiger partial charge < -0.3 is 9.80 Å². The molecule has 2 saturated heterocycles. The van der Waals surface area contributed by atoms with Crippen molar-refractivity contribution in [3.05, 3.63) is 110 Å². The molecule has 0 N–H and O–H groups in total. The summed E-state index contributed by atoms with van der Waals surface area (Å²) >= 11 is 10.6. The van der Waals surface area contributed by atoms with Gasteiger partial charge in [0.2, 0.25) is 0 Å². The van der Waals surface area contributed by atoms with E-state index in [2.05, 4.69) is 37.5 Å². The van der Waals surface area contributed by atoms with Crippen molar-refractivity contribution in [1.82, 2.24) is 29.4 Å². The third kappa shape index (κ3) is 10.7.